The highest BCUT2D eigenvalue weighted by molar-refractivity contribution is 5.41. The predicted octanol–water partition coefficient (Wildman–Crippen LogP) is 3.57. The Kier molecular flexibility index (Phi) is 6.85. The molecular formula is C21H29NO3. The highest BCUT2D eigenvalue weighted by Gasteiger charge is 2.16. The largest absolute Gasteiger partial charge is 0.497 e. The highest BCUT2D eigenvalue weighted by Crippen LogP contribution is 2.26. The molecule has 0 aliphatic carbocycles. The van der Waals surface area contributed by atoms with Crippen molar-refractivity contribution >= 4 is 0 Å². The summed E-state index contributed by atoms with van der Waals surface area (Å²) < 4.78 is 10.8. The van der Waals surface area contributed by atoms with Gasteiger partial charge in [0.1, 0.15) is 11.5 Å². The molecule has 4 heteroatoms. The molecule has 0 fully saturated rings. The molecule has 0 aliphatic heterocycles. The van der Waals surface area contributed by atoms with Gasteiger partial charge in [0.05, 0.1) is 26.9 Å². The fourth-order valence-corrected chi connectivity index (χ4v) is 3.24. The van der Waals surface area contributed by atoms with Gasteiger partial charge in [-0.2, -0.15) is 0 Å². The van der Waals surface area contributed by atoms with E-state index < -0.39 is 0 Å². The van der Waals surface area contributed by atoms with Crippen molar-refractivity contribution in [2.75, 3.05) is 20.8 Å². The summed E-state index contributed by atoms with van der Waals surface area (Å²) in [7, 11) is 3.34. The second kappa shape index (κ2) is 8.88. The second-order valence-electron chi connectivity index (χ2n) is 6.61. The van der Waals surface area contributed by atoms with Crippen LogP contribution in [0.4, 0.5) is 0 Å². The van der Waals surface area contributed by atoms with Gasteiger partial charge in [0.25, 0.3) is 0 Å². The van der Waals surface area contributed by atoms with Crippen LogP contribution in [0.25, 0.3) is 0 Å². The number of hydrogen-bond acceptors (Lipinski definition) is 4. The molecule has 0 heterocycles. The van der Waals surface area contributed by atoms with Crippen molar-refractivity contribution in [2.24, 2.45) is 0 Å². The summed E-state index contributed by atoms with van der Waals surface area (Å²) in [4.78, 5) is 0. The van der Waals surface area contributed by atoms with Gasteiger partial charge in [-0.25, -0.2) is 0 Å². The van der Waals surface area contributed by atoms with Crippen molar-refractivity contribution < 1.29 is 14.6 Å². The van der Waals surface area contributed by atoms with Gasteiger partial charge in [-0.15, -0.1) is 0 Å². The van der Waals surface area contributed by atoms with Crippen LogP contribution in [-0.4, -0.2) is 32.0 Å². The third-order valence-electron chi connectivity index (χ3n) is 4.33. The van der Waals surface area contributed by atoms with E-state index in [4.69, 9.17) is 9.47 Å². The van der Waals surface area contributed by atoms with Crippen LogP contribution in [0.15, 0.2) is 36.4 Å². The first-order chi connectivity index (χ1) is 12.0. The number of rotatable bonds is 8. The van der Waals surface area contributed by atoms with E-state index in [9.17, 15) is 5.11 Å². The Morgan fingerprint density at radius 2 is 1.68 bits per heavy atom. The zero-order valence-electron chi connectivity index (χ0n) is 15.8. The number of hydrogen-bond donors (Lipinski definition) is 2. The van der Waals surface area contributed by atoms with Crippen LogP contribution in [0.2, 0.25) is 0 Å². The smallest absolute Gasteiger partial charge is 0.122 e. The lowest BCUT2D eigenvalue weighted by molar-refractivity contribution is 0.234. The van der Waals surface area contributed by atoms with Crippen LogP contribution in [0.1, 0.15) is 35.2 Å². The zero-order chi connectivity index (χ0) is 18.4. The first-order valence-corrected chi connectivity index (χ1v) is 8.62. The van der Waals surface area contributed by atoms with E-state index >= 15 is 0 Å². The highest BCUT2D eigenvalue weighted by atomic mass is 16.5. The molecule has 0 bridgehead atoms. The summed E-state index contributed by atoms with van der Waals surface area (Å²) in [6.07, 6.45) is 0.779. The minimum Gasteiger partial charge on any atom is -0.497 e. The SMILES string of the molecule is COc1ccc(OC)c(CC(C)NC(CO)c2cc(C)cc(C)c2)c1. The van der Waals surface area contributed by atoms with Crippen molar-refractivity contribution in [3.8, 4) is 11.5 Å². The summed E-state index contributed by atoms with van der Waals surface area (Å²) in [5, 5.41) is 13.4. The number of aliphatic hydroxyl groups is 1. The van der Waals surface area contributed by atoms with Gasteiger partial charge in [-0.1, -0.05) is 29.3 Å². The lowest BCUT2D eigenvalue weighted by atomic mass is 9.99. The second-order valence-corrected chi connectivity index (χ2v) is 6.61. The van der Waals surface area contributed by atoms with Crippen molar-refractivity contribution in [1.29, 1.82) is 0 Å². The quantitative estimate of drug-likeness (QED) is 0.769. The van der Waals surface area contributed by atoms with E-state index in [1.54, 1.807) is 14.2 Å². The standard InChI is InChI=1S/C21H29NO3/c1-14-8-15(2)10-17(9-14)20(13-23)22-16(3)11-18-12-19(24-4)6-7-21(18)25-5/h6-10,12,16,20,22-23H,11,13H2,1-5H3. The average molecular weight is 343 g/mol. The van der Waals surface area contributed by atoms with Crippen molar-refractivity contribution in [3.63, 3.8) is 0 Å². The number of benzene rings is 2. The van der Waals surface area contributed by atoms with Crippen molar-refractivity contribution in [1.82, 2.24) is 5.32 Å². The molecule has 25 heavy (non-hydrogen) atoms. The maximum absolute atomic E-state index is 9.85. The summed E-state index contributed by atoms with van der Waals surface area (Å²) >= 11 is 0. The van der Waals surface area contributed by atoms with E-state index in [0.29, 0.717) is 0 Å². The molecular weight excluding hydrogens is 314 g/mol. The van der Waals surface area contributed by atoms with Gasteiger partial charge in [0.15, 0.2) is 0 Å². The van der Waals surface area contributed by atoms with Gasteiger partial charge in [0, 0.05) is 6.04 Å². The van der Waals surface area contributed by atoms with Gasteiger partial charge in [-0.05, 0) is 56.5 Å². The normalized spacial score (nSPS) is 13.4. The predicted molar refractivity (Wildman–Crippen MR) is 102 cm³/mol. The molecule has 2 rings (SSSR count). The van der Waals surface area contributed by atoms with Crippen LogP contribution >= 0.6 is 0 Å². The van der Waals surface area contributed by atoms with E-state index in [2.05, 4.69) is 44.3 Å². The van der Waals surface area contributed by atoms with Gasteiger partial charge >= 0.3 is 0 Å². The Bertz CT molecular complexity index is 679. The molecule has 0 saturated carbocycles. The maximum Gasteiger partial charge on any atom is 0.122 e. The molecule has 2 aromatic carbocycles. The van der Waals surface area contributed by atoms with Crippen LogP contribution in [0, 0.1) is 13.8 Å². The molecule has 2 aromatic rings. The summed E-state index contributed by atoms with van der Waals surface area (Å²) in [5.41, 5.74) is 4.61. The first-order valence-electron chi connectivity index (χ1n) is 8.62. The molecule has 0 spiro atoms. The minimum atomic E-state index is -0.0924. The third kappa shape index (κ3) is 5.21. The Balaban J connectivity index is 2.13. The molecule has 4 nitrogen and oxygen atoms in total. The average Bonchev–Trinajstić information content (AvgIpc) is 2.58. The number of aryl methyl sites for hydroxylation is 2. The molecule has 0 aromatic heterocycles. The molecule has 136 valence electrons. The van der Waals surface area contributed by atoms with Gasteiger partial charge in [-0.3, -0.25) is 0 Å². The van der Waals surface area contributed by atoms with Crippen molar-refractivity contribution in [3.05, 3.63) is 58.7 Å². The fourth-order valence-electron chi connectivity index (χ4n) is 3.24. The molecule has 2 N–H and O–H groups in total. The lowest BCUT2D eigenvalue weighted by Gasteiger charge is -2.23. The van der Waals surface area contributed by atoms with Gasteiger partial charge < -0.3 is 19.9 Å². The maximum atomic E-state index is 9.85. The van der Waals surface area contributed by atoms with E-state index in [1.807, 2.05) is 18.2 Å². The molecule has 0 aliphatic rings. The first kappa shape index (κ1) is 19.3. The fraction of sp³-hybridized carbons (Fsp3) is 0.429. The molecule has 2 unspecified atom stereocenters. The van der Waals surface area contributed by atoms with Crippen molar-refractivity contribution in [2.45, 2.75) is 39.3 Å². The van der Waals surface area contributed by atoms with Crippen LogP contribution in [0.3, 0.4) is 0 Å². The topological polar surface area (TPSA) is 50.7 Å². The molecule has 0 amide bonds. The van der Waals surface area contributed by atoms with E-state index in [0.717, 1.165) is 29.0 Å². The number of ether oxygens (including phenoxy) is 2. The van der Waals surface area contributed by atoms with E-state index in [-0.39, 0.29) is 18.7 Å². The summed E-state index contributed by atoms with van der Waals surface area (Å²) in [5.74, 6) is 1.66. The monoisotopic (exact) mass is 343 g/mol. The zero-order valence-corrected chi connectivity index (χ0v) is 15.8. The number of methoxy groups -OCH3 is 2. The molecule has 0 saturated heterocycles. The minimum absolute atomic E-state index is 0.0580. The van der Waals surface area contributed by atoms with Crippen LogP contribution in [0.5, 0.6) is 11.5 Å². The Morgan fingerprint density at radius 3 is 2.24 bits per heavy atom. The van der Waals surface area contributed by atoms with E-state index in [1.165, 1.54) is 11.1 Å². The summed E-state index contributed by atoms with van der Waals surface area (Å²) in [6, 6.07) is 12.3. The number of aliphatic hydroxyl groups excluding tert-OH is 1. The van der Waals surface area contributed by atoms with Crippen LogP contribution in [-0.2, 0) is 6.42 Å². The Morgan fingerprint density at radius 1 is 1.00 bits per heavy atom. The molecule has 0 radical (unpaired) electrons. The van der Waals surface area contributed by atoms with Crippen LogP contribution < -0.4 is 14.8 Å². The lowest BCUT2D eigenvalue weighted by Crippen LogP contribution is -2.34. The third-order valence-corrected chi connectivity index (χ3v) is 4.33. The summed E-state index contributed by atoms with van der Waals surface area (Å²) in [6.45, 7) is 6.33. The Labute approximate surface area is 150 Å². The molecule has 2 atom stereocenters. The number of nitrogens with one attached hydrogen (secondary N) is 1. The Hall–Kier alpha value is -2.04. The van der Waals surface area contributed by atoms with Gasteiger partial charge in [0.2, 0.25) is 0 Å².